The van der Waals surface area contributed by atoms with Gasteiger partial charge in [0.2, 0.25) is 5.91 Å². The van der Waals surface area contributed by atoms with Gasteiger partial charge in [0.1, 0.15) is 5.82 Å². The minimum atomic E-state index is -0.333. The van der Waals surface area contributed by atoms with E-state index >= 15 is 0 Å². The summed E-state index contributed by atoms with van der Waals surface area (Å²) >= 11 is 0. The average Bonchev–Trinajstić information content (AvgIpc) is 2.65. The molecular weight excluding hydrogens is 335 g/mol. The summed E-state index contributed by atoms with van der Waals surface area (Å²) in [7, 11) is 0. The number of halogens is 1. The third kappa shape index (κ3) is 5.78. The number of aliphatic hydroxyl groups excluding tert-OH is 1. The molecule has 1 fully saturated rings. The Morgan fingerprint density at radius 2 is 2.19 bits per heavy atom. The summed E-state index contributed by atoms with van der Waals surface area (Å²) < 4.78 is 13.3. The van der Waals surface area contributed by atoms with Crippen molar-refractivity contribution in [3.05, 3.63) is 29.6 Å². The van der Waals surface area contributed by atoms with Crippen LogP contribution in [0.25, 0.3) is 0 Å². The van der Waals surface area contributed by atoms with E-state index in [9.17, 15) is 9.18 Å². The number of hydrogen-bond acceptors (Lipinski definition) is 5. The summed E-state index contributed by atoms with van der Waals surface area (Å²) in [6.07, 6.45) is 3.28. The average molecular weight is 364 g/mol. The van der Waals surface area contributed by atoms with Crippen LogP contribution in [0.1, 0.15) is 31.7 Å². The van der Waals surface area contributed by atoms with Crippen molar-refractivity contribution in [2.45, 2.75) is 32.2 Å². The van der Waals surface area contributed by atoms with Gasteiger partial charge in [-0.2, -0.15) is 0 Å². The van der Waals surface area contributed by atoms with Crippen LogP contribution in [0.5, 0.6) is 0 Å². The fourth-order valence-corrected chi connectivity index (χ4v) is 3.28. The Kier molecular flexibility index (Phi) is 8.00. The fourth-order valence-electron chi connectivity index (χ4n) is 3.28. The lowest BCUT2D eigenvalue weighted by atomic mass is 10.0. The molecule has 0 aliphatic carbocycles. The molecule has 1 heterocycles. The maximum Gasteiger partial charge on any atom is 0.224 e. The molecule has 0 spiro atoms. The van der Waals surface area contributed by atoms with Gasteiger partial charge in [-0.3, -0.25) is 4.79 Å². The molecule has 1 aromatic carbocycles. The molecule has 3 N–H and O–H groups in total. The standard InChI is InChI=1S/C19H29FN4O2/c1-2-24(19(26)7-12-25)11-10-23-8-5-17(6-9-23)22-18-4-3-16(20)13-15(18)14-21/h3-4,13-14,17,21-22,25H,2,5-12H2,1H3. The van der Waals surface area contributed by atoms with Crippen molar-refractivity contribution < 1.29 is 14.3 Å². The molecule has 2 rings (SSSR count). The van der Waals surface area contributed by atoms with E-state index in [0.717, 1.165) is 38.2 Å². The molecule has 0 saturated carbocycles. The van der Waals surface area contributed by atoms with E-state index in [0.29, 0.717) is 24.7 Å². The van der Waals surface area contributed by atoms with E-state index < -0.39 is 0 Å². The van der Waals surface area contributed by atoms with Crippen molar-refractivity contribution in [3.8, 4) is 0 Å². The highest BCUT2D eigenvalue weighted by Gasteiger charge is 2.21. The lowest BCUT2D eigenvalue weighted by Gasteiger charge is -2.34. The van der Waals surface area contributed by atoms with Gasteiger partial charge in [0, 0.05) is 62.7 Å². The van der Waals surface area contributed by atoms with Crippen LogP contribution in [-0.2, 0) is 4.79 Å². The first-order valence-corrected chi connectivity index (χ1v) is 9.25. The number of anilines is 1. The largest absolute Gasteiger partial charge is 0.396 e. The fraction of sp³-hybridized carbons (Fsp3) is 0.579. The second-order valence-electron chi connectivity index (χ2n) is 6.58. The highest BCUT2D eigenvalue weighted by atomic mass is 19.1. The van der Waals surface area contributed by atoms with Crippen molar-refractivity contribution in [3.63, 3.8) is 0 Å². The minimum absolute atomic E-state index is 0.00189. The molecule has 0 radical (unpaired) electrons. The summed E-state index contributed by atoms with van der Waals surface area (Å²) in [6.45, 7) is 5.90. The van der Waals surface area contributed by atoms with Crippen molar-refractivity contribution in [2.24, 2.45) is 0 Å². The molecule has 6 nitrogen and oxygen atoms in total. The van der Waals surface area contributed by atoms with Gasteiger partial charge in [-0.1, -0.05) is 0 Å². The molecule has 0 unspecified atom stereocenters. The van der Waals surface area contributed by atoms with Gasteiger partial charge in [-0.05, 0) is 38.0 Å². The number of likely N-dealkylation sites (tertiary alicyclic amines) is 1. The number of piperidine rings is 1. The van der Waals surface area contributed by atoms with Gasteiger partial charge in [0.05, 0.1) is 6.61 Å². The Bertz CT molecular complexity index is 603. The van der Waals surface area contributed by atoms with E-state index in [-0.39, 0.29) is 24.8 Å². The minimum Gasteiger partial charge on any atom is -0.396 e. The van der Waals surface area contributed by atoms with E-state index in [1.807, 2.05) is 6.92 Å². The number of amides is 1. The third-order valence-electron chi connectivity index (χ3n) is 4.86. The molecule has 1 amide bonds. The van der Waals surface area contributed by atoms with Gasteiger partial charge >= 0.3 is 0 Å². The van der Waals surface area contributed by atoms with Gasteiger partial charge in [0.15, 0.2) is 0 Å². The van der Waals surface area contributed by atoms with E-state index in [2.05, 4.69) is 10.2 Å². The van der Waals surface area contributed by atoms with Crippen LogP contribution >= 0.6 is 0 Å². The molecule has 0 aromatic heterocycles. The lowest BCUT2D eigenvalue weighted by molar-refractivity contribution is -0.131. The second-order valence-corrected chi connectivity index (χ2v) is 6.58. The Morgan fingerprint density at radius 3 is 2.81 bits per heavy atom. The number of aliphatic hydroxyl groups is 1. The van der Waals surface area contributed by atoms with E-state index in [1.165, 1.54) is 18.3 Å². The van der Waals surface area contributed by atoms with Crippen LogP contribution in [0.2, 0.25) is 0 Å². The van der Waals surface area contributed by atoms with Crippen molar-refractivity contribution in [2.75, 3.05) is 44.6 Å². The van der Waals surface area contributed by atoms with Crippen LogP contribution in [0.4, 0.5) is 10.1 Å². The summed E-state index contributed by atoms with van der Waals surface area (Å²) in [5.41, 5.74) is 1.36. The number of carbonyl (C=O) groups is 1. The predicted octanol–water partition coefficient (Wildman–Crippen LogP) is 1.93. The van der Waals surface area contributed by atoms with E-state index in [1.54, 1.807) is 11.0 Å². The Hall–Kier alpha value is -1.99. The molecule has 1 saturated heterocycles. The summed E-state index contributed by atoms with van der Waals surface area (Å²) in [4.78, 5) is 16.0. The van der Waals surface area contributed by atoms with Gasteiger partial charge in [0.25, 0.3) is 0 Å². The molecule has 7 heteroatoms. The first-order chi connectivity index (χ1) is 12.6. The zero-order valence-electron chi connectivity index (χ0n) is 15.4. The molecule has 1 aliphatic rings. The number of hydrogen-bond donors (Lipinski definition) is 3. The van der Waals surface area contributed by atoms with Crippen LogP contribution in [0.15, 0.2) is 18.2 Å². The second kappa shape index (κ2) is 10.2. The van der Waals surface area contributed by atoms with Crippen LogP contribution in [0, 0.1) is 11.2 Å². The van der Waals surface area contributed by atoms with Crippen LogP contribution < -0.4 is 5.32 Å². The van der Waals surface area contributed by atoms with Crippen LogP contribution in [-0.4, -0.2) is 72.4 Å². The zero-order valence-corrected chi connectivity index (χ0v) is 15.4. The molecule has 0 atom stereocenters. The molecule has 1 aliphatic heterocycles. The quantitative estimate of drug-likeness (QED) is 0.585. The summed E-state index contributed by atoms with van der Waals surface area (Å²) in [5, 5.41) is 19.7. The van der Waals surface area contributed by atoms with Gasteiger partial charge in [-0.25, -0.2) is 4.39 Å². The number of nitrogens with zero attached hydrogens (tertiary/aromatic N) is 2. The Morgan fingerprint density at radius 1 is 1.46 bits per heavy atom. The lowest BCUT2D eigenvalue weighted by Crippen LogP contribution is -2.44. The maximum atomic E-state index is 13.3. The first kappa shape index (κ1) is 20.3. The zero-order chi connectivity index (χ0) is 18.9. The Labute approximate surface area is 154 Å². The van der Waals surface area contributed by atoms with E-state index in [4.69, 9.17) is 10.5 Å². The van der Waals surface area contributed by atoms with Crippen molar-refractivity contribution in [1.82, 2.24) is 9.80 Å². The van der Waals surface area contributed by atoms with Gasteiger partial charge < -0.3 is 25.6 Å². The SMILES string of the molecule is CCN(CCN1CCC(Nc2ccc(F)cc2C=N)CC1)C(=O)CCO. The number of carbonyl (C=O) groups excluding carboxylic acids is 1. The number of likely N-dealkylation sites (N-methyl/N-ethyl adjacent to an activating group) is 1. The first-order valence-electron chi connectivity index (χ1n) is 9.25. The maximum absolute atomic E-state index is 13.3. The highest BCUT2D eigenvalue weighted by molar-refractivity contribution is 5.85. The smallest absolute Gasteiger partial charge is 0.224 e. The molecule has 0 bridgehead atoms. The van der Waals surface area contributed by atoms with Crippen molar-refractivity contribution >= 4 is 17.8 Å². The normalized spacial score (nSPS) is 15.7. The van der Waals surface area contributed by atoms with Crippen LogP contribution in [0.3, 0.4) is 0 Å². The summed E-state index contributed by atoms with van der Waals surface area (Å²) in [6, 6.07) is 4.77. The topological polar surface area (TPSA) is 79.7 Å². The molecule has 26 heavy (non-hydrogen) atoms. The third-order valence-corrected chi connectivity index (χ3v) is 4.86. The highest BCUT2D eigenvalue weighted by Crippen LogP contribution is 2.20. The monoisotopic (exact) mass is 364 g/mol. The summed E-state index contributed by atoms with van der Waals surface area (Å²) in [5.74, 6) is -0.331. The number of benzene rings is 1. The Balaban J connectivity index is 1.78. The number of nitrogens with one attached hydrogen (secondary N) is 2. The molecule has 144 valence electrons. The molecule has 1 aromatic rings. The van der Waals surface area contributed by atoms with Gasteiger partial charge in [-0.15, -0.1) is 0 Å². The van der Waals surface area contributed by atoms with Crippen molar-refractivity contribution in [1.29, 1.82) is 5.41 Å². The molecular formula is C19H29FN4O2. The number of rotatable bonds is 9. The predicted molar refractivity (Wildman–Crippen MR) is 101 cm³/mol.